The van der Waals surface area contributed by atoms with Crippen molar-refractivity contribution in [2.45, 2.75) is 6.92 Å². The Morgan fingerprint density at radius 2 is 2.06 bits per heavy atom. The Hall–Kier alpha value is -1.81. The van der Waals surface area contributed by atoms with Crippen LogP contribution in [0.25, 0.3) is 5.69 Å². The number of benzene rings is 1. The minimum absolute atomic E-state index is 0.560. The topological polar surface area (TPSA) is 54.9 Å². The first-order chi connectivity index (χ1) is 7.61. The van der Waals surface area contributed by atoms with Gasteiger partial charge in [0.25, 0.3) is 0 Å². The van der Waals surface area contributed by atoms with E-state index in [1.54, 1.807) is 25.1 Å². The first-order valence-electron chi connectivity index (χ1n) is 4.67. The van der Waals surface area contributed by atoms with Gasteiger partial charge in [-0.25, -0.2) is 0 Å². The van der Waals surface area contributed by atoms with Crippen LogP contribution in [0.3, 0.4) is 0 Å². The second-order valence-corrected chi connectivity index (χ2v) is 3.76. The zero-order valence-corrected chi connectivity index (χ0v) is 9.28. The third-order valence-corrected chi connectivity index (χ3v) is 2.76. The van der Waals surface area contributed by atoms with Crippen LogP contribution in [-0.4, -0.2) is 9.55 Å². The molecule has 0 aliphatic rings. The van der Waals surface area contributed by atoms with Crippen LogP contribution in [0.1, 0.15) is 5.56 Å². The third kappa shape index (κ3) is 1.67. The molecule has 0 bridgehead atoms. The second-order valence-electron chi connectivity index (χ2n) is 3.35. The van der Waals surface area contributed by atoms with Crippen molar-refractivity contribution in [2.24, 2.45) is 0 Å². The van der Waals surface area contributed by atoms with E-state index >= 15 is 0 Å². The summed E-state index contributed by atoms with van der Waals surface area (Å²) in [6.07, 6.45) is 2.92. The highest BCUT2D eigenvalue weighted by Gasteiger charge is 2.06. The fourth-order valence-corrected chi connectivity index (χ4v) is 1.64. The Labute approximate surface area is 96.1 Å². The Morgan fingerprint density at radius 3 is 2.81 bits per heavy atom. The Bertz CT molecular complexity index is 643. The van der Waals surface area contributed by atoms with E-state index in [0.29, 0.717) is 10.7 Å². The van der Waals surface area contributed by atoms with E-state index in [4.69, 9.17) is 11.6 Å². The molecule has 1 heterocycles. The summed E-state index contributed by atoms with van der Waals surface area (Å²) < 4.78 is 1.28. The van der Waals surface area contributed by atoms with Crippen molar-refractivity contribution in [1.29, 1.82) is 0 Å². The summed E-state index contributed by atoms with van der Waals surface area (Å²) in [6, 6.07) is 5.21. The molecule has 0 amide bonds. The van der Waals surface area contributed by atoms with E-state index in [0.717, 1.165) is 5.56 Å². The zero-order valence-electron chi connectivity index (χ0n) is 8.53. The van der Waals surface area contributed by atoms with Crippen molar-refractivity contribution in [1.82, 2.24) is 9.55 Å². The van der Waals surface area contributed by atoms with Gasteiger partial charge < -0.3 is 4.98 Å². The predicted octanol–water partition coefficient (Wildman–Crippen LogP) is 1.49. The molecule has 0 spiro atoms. The average Bonchev–Trinajstić information content (AvgIpc) is 2.27. The van der Waals surface area contributed by atoms with Gasteiger partial charge in [-0.1, -0.05) is 17.7 Å². The lowest BCUT2D eigenvalue weighted by molar-refractivity contribution is 0.920. The normalized spacial score (nSPS) is 10.4. The van der Waals surface area contributed by atoms with Crippen LogP contribution in [0, 0.1) is 6.92 Å². The highest BCUT2D eigenvalue weighted by atomic mass is 35.5. The Kier molecular flexibility index (Phi) is 2.66. The van der Waals surface area contributed by atoms with E-state index in [-0.39, 0.29) is 0 Å². The molecule has 0 aliphatic carbocycles. The molecule has 0 fully saturated rings. The third-order valence-electron chi connectivity index (χ3n) is 2.35. The summed E-state index contributed by atoms with van der Waals surface area (Å²) in [6.45, 7) is 1.80. The van der Waals surface area contributed by atoms with Gasteiger partial charge in [0.1, 0.15) is 0 Å². The van der Waals surface area contributed by atoms with Crippen molar-refractivity contribution < 1.29 is 0 Å². The smallest absolute Gasteiger partial charge is 0.320 e. The molecule has 0 saturated carbocycles. The molecule has 5 heteroatoms. The molecule has 82 valence electrons. The highest BCUT2D eigenvalue weighted by molar-refractivity contribution is 6.31. The maximum atomic E-state index is 11.6. The summed E-state index contributed by atoms with van der Waals surface area (Å²) >= 11 is 5.95. The van der Waals surface area contributed by atoms with Crippen molar-refractivity contribution >= 4 is 11.6 Å². The van der Waals surface area contributed by atoms with E-state index < -0.39 is 11.1 Å². The lowest BCUT2D eigenvalue weighted by Crippen LogP contribution is -2.34. The van der Waals surface area contributed by atoms with Gasteiger partial charge in [-0.3, -0.25) is 14.2 Å². The lowest BCUT2D eigenvalue weighted by Gasteiger charge is -2.08. The number of hydrogen-bond donors (Lipinski definition) is 1. The van der Waals surface area contributed by atoms with E-state index in [9.17, 15) is 9.59 Å². The summed E-state index contributed by atoms with van der Waals surface area (Å²) in [5, 5.41) is 0.560. The molecule has 0 unspecified atom stereocenters. The summed E-state index contributed by atoms with van der Waals surface area (Å²) in [4.78, 5) is 25.1. The fraction of sp³-hybridized carbons (Fsp3) is 0.0909. The van der Waals surface area contributed by atoms with Gasteiger partial charge in [0.05, 0.1) is 5.69 Å². The standard InChI is InChI=1S/C11H9ClN2O2/c1-7-8(12)3-2-4-9(7)14-6-5-13-10(15)11(14)16/h2-6H,1H3,(H,13,15). The van der Waals surface area contributed by atoms with Crippen LogP contribution in [-0.2, 0) is 0 Å². The van der Waals surface area contributed by atoms with Gasteiger partial charge in [0, 0.05) is 17.4 Å². The summed E-state index contributed by atoms with van der Waals surface area (Å²) in [7, 11) is 0. The molecule has 0 radical (unpaired) electrons. The number of nitrogens with zero attached hydrogens (tertiary/aromatic N) is 1. The van der Waals surface area contributed by atoms with Crippen molar-refractivity contribution in [3.05, 3.63) is 61.9 Å². The fourth-order valence-electron chi connectivity index (χ4n) is 1.47. The molecule has 4 nitrogen and oxygen atoms in total. The van der Waals surface area contributed by atoms with Gasteiger partial charge in [0.15, 0.2) is 0 Å². The Balaban J connectivity index is 2.78. The van der Waals surface area contributed by atoms with E-state index in [2.05, 4.69) is 4.98 Å². The maximum Gasteiger partial charge on any atom is 0.320 e. The zero-order chi connectivity index (χ0) is 11.7. The number of hydrogen-bond acceptors (Lipinski definition) is 2. The molecule has 1 N–H and O–H groups in total. The molecule has 1 aromatic carbocycles. The minimum Gasteiger partial charge on any atom is -0.323 e. The number of rotatable bonds is 1. The number of aromatic amines is 1. The van der Waals surface area contributed by atoms with Crippen molar-refractivity contribution in [3.8, 4) is 5.69 Å². The first kappa shape index (κ1) is 10.7. The molecular formula is C11H9ClN2O2. The summed E-state index contributed by atoms with van der Waals surface area (Å²) in [5.74, 6) is 0. The number of halogens is 1. The highest BCUT2D eigenvalue weighted by Crippen LogP contribution is 2.20. The first-order valence-corrected chi connectivity index (χ1v) is 5.05. The van der Waals surface area contributed by atoms with Gasteiger partial charge in [0.2, 0.25) is 0 Å². The van der Waals surface area contributed by atoms with Crippen molar-refractivity contribution in [3.63, 3.8) is 0 Å². The molecule has 2 aromatic rings. The van der Waals surface area contributed by atoms with Crippen LogP contribution >= 0.6 is 11.6 Å². The average molecular weight is 237 g/mol. The van der Waals surface area contributed by atoms with Crippen LogP contribution in [0.2, 0.25) is 5.02 Å². The van der Waals surface area contributed by atoms with Crippen LogP contribution in [0.4, 0.5) is 0 Å². The molecule has 2 rings (SSSR count). The van der Waals surface area contributed by atoms with Gasteiger partial charge in [-0.05, 0) is 24.6 Å². The minimum atomic E-state index is -0.651. The number of H-pyrrole nitrogens is 1. The van der Waals surface area contributed by atoms with Gasteiger partial charge in [-0.15, -0.1) is 0 Å². The second kappa shape index (κ2) is 3.98. The summed E-state index contributed by atoms with van der Waals surface area (Å²) in [5.41, 5.74) is 0.107. The molecule has 0 saturated heterocycles. The molecule has 0 atom stereocenters. The number of aromatic nitrogens is 2. The Morgan fingerprint density at radius 1 is 1.31 bits per heavy atom. The van der Waals surface area contributed by atoms with Crippen LogP contribution < -0.4 is 11.1 Å². The van der Waals surface area contributed by atoms with Gasteiger partial charge >= 0.3 is 11.1 Å². The largest absolute Gasteiger partial charge is 0.323 e. The van der Waals surface area contributed by atoms with E-state index in [1.807, 2.05) is 0 Å². The van der Waals surface area contributed by atoms with Gasteiger partial charge in [-0.2, -0.15) is 0 Å². The monoisotopic (exact) mass is 236 g/mol. The molecule has 0 aliphatic heterocycles. The quantitative estimate of drug-likeness (QED) is 0.763. The lowest BCUT2D eigenvalue weighted by atomic mass is 10.2. The molecule has 16 heavy (non-hydrogen) atoms. The molecular weight excluding hydrogens is 228 g/mol. The van der Waals surface area contributed by atoms with E-state index in [1.165, 1.54) is 17.0 Å². The molecule has 1 aromatic heterocycles. The van der Waals surface area contributed by atoms with Crippen molar-refractivity contribution in [2.75, 3.05) is 0 Å². The SMILES string of the molecule is Cc1c(Cl)cccc1-n1cc[nH]c(=O)c1=O. The maximum absolute atomic E-state index is 11.6. The predicted molar refractivity (Wildman–Crippen MR) is 62.4 cm³/mol. The van der Waals surface area contributed by atoms with Crippen LogP contribution in [0.15, 0.2) is 40.2 Å². The number of nitrogens with one attached hydrogen (secondary N) is 1. The van der Waals surface area contributed by atoms with Crippen LogP contribution in [0.5, 0.6) is 0 Å².